The fourth-order valence-corrected chi connectivity index (χ4v) is 6.04. The molecule has 1 aromatic carbocycles. The number of carbonyl (C=O) groups excluding carboxylic acids is 1. The number of thiol groups is 1. The number of fused-ring (bicyclic) bond motifs is 1. The van der Waals surface area contributed by atoms with Gasteiger partial charge in [-0.2, -0.15) is 0 Å². The van der Waals surface area contributed by atoms with Crippen LogP contribution in [0.1, 0.15) is 52.8 Å². The van der Waals surface area contributed by atoms with Crippen molar-refractivity contribution >= 4 is 46.3 Å². The van der Waals surface area contributed by atoms with Crippen molar-refractivity contribution in [3.63, 3.8) is 0 Å². The van der Waals surface area contributed by atoms with Gasteiger partial charge in [0, 0.05) is 42.5 Å². The van der Waals surface area contributed by atoms with E-state index >= 15 is 0 Å². The molecule has 0 radical (unpaired) electrons. The van der Waals surface area contributed by atoms with Gasteiger partial charge in [-0.25, -0.2) is 9.78 Å². The highest BCUT2D eigenvalue weighted by atomic mass is 32.1. The Morgan fingerprint density at radius 3 is 2.84 bits per heavy atom. The van der Waals surface area contributed by atoms with E-state index in [1.165, 1.54) is 33.1 Å². The topological polar surface area (TPSA) is 126 Å². The van der Waals surface area contributed by atoms with E-state index in [-0.39, 0.29) is 23.9 Å². The Bertz CT molecular complexity index is 1450. The van der Waals surface area contributed by atoms with Gasteiger partial charge in [-0.1, -0.05) is 6.07 Å². The highest BCUT2D eigenvalue weighted by molar-refractivity contribution is 7.90. The number of anilines is 2. The number of amides is 1. The number of rotatable bonds is 6. The zero-order chi connectivity index (χ0) is 26.1. The minimum Gasteiger partial charge on any atom is -0.401 e. The molecule has 0 spiro atoms. The molecule has 9 nitrogen and oxygen atoms in total. The second-order valence-corrected chi connectivity index (χ2v) is 11.0. The van der Waals surface area contributed by atoms with Crippen LogP contribution >= 0.6 is 24.0 Å². The van der Waals surface area contributed by atoms with E-state index in [2.05, 4.69) is 40.0 Å². The third-order valence-corrected chi connectivity index (χ3v) is 8.52. The van der Waals surface area contributed by atoms with Gasteiger partial charge in [0.05, 0.1) is 4.91 Å². The number of nitrogens with zero attached hydrogens (tertiary/aromatic N) is 3. The molecule has 5 rings (SSSR count). The van der Waals surface area contributed by atoms with Crippen molar-refractivity contribution in [1.29, 1.82) is 0 Å². The summed E-state index contributed by atoms with van der Waals surface area (Å²) in [5, 5.41) is 5.47. The summed E-state index contributed by atoms with van der Waals surface area (Å²) < 4.78 is 1.22. The molecular weight excluding hydrogens is 508 g/mol. The van der Waals surface area contributed by atoms with Crippen molar-refractivity contribution in [2.75, 3.05) is 18.4 Å². The first-order valence-electron chi connectivity index (χ1n) is 12.4. The molecule has 1 fully saturated rings. The fourth-order valence-electron chi connectivity index (χ4n) is 5.03. The van der Waals surface area contributed by atoms with E-state index in [9.17, 15) is 14.4 Å². The molecule has 0 bridgehead atoms. The van der Waals surface area contributed by atoms with Crippen LogP contribution in [0.25, 0.3) is 4.91 Å². The maximum atomic E-state index is 13.1. The molecule has 11 heteroatoms. The first-order valence-corrected chi connectivity index (χ1v) is 13.7. The van der Waals surface area contributed by atoms with Gasteiger partial charge in [0.15, 0.2) is 0 Å². The minimum atomic E-state index is -0.464. The molecule has 1 unspecified atom stereocenters. The Balaban J connectivity index is 1.26. The van der Waals surface area contributed by atoms with Crippen LogP contribution in [-0.2, 0) is 19.4 Å². The lowest BCUT2D eigenvalue weighted by atomic mass is 9.97. The maximum absolute atomic E-state index is 13.1. The summed E-state index contributed by atoms with van der Waals surface area (Å²) in [6.07, 6.45) is 4.91. The number of piperidine rings is 1. The van der Waals surface area contributed by atoms with Crippen LogP contribution in [-0.4, -0.2) is 38.4 Å². The second-order valence-electron chi connectivity index (χ2n) is 9.73. The Morgan fingerprint density at radius 2 is 2.05 bits per heavy atom. The van der Waals surface area contributed by atoms with Crippen molar-refractivity contribution in [3.05, 3.63) is 78.0 Å². The van der Waals surface area contributed by atoms with Crippen LogP contribution in [0.3, 0.4) is 0 Å². The van der Waals surface area contributed by atoms with Gasteiger partial charge in [0.25, 0.3) is 11.5 Å². The molecule has 1 aliphatic carbocycles. The Kier molecular flexibility index (Phi) is 7.25. The smallest absolute Gasteiger partial charge is 0.329 e. The largest absolute Gasteiger partial charge is 0.401 e. The number of nitrogens with one attached hydrogen (secondary N) is 2. The van der Waals surface area contributed by atoms with Crippen molar-refractivity contribution in [3.8, 4) is 0 Å². The standard InChI is InChI=1S/C26H30N6O3S2/c1-15(27)23(36)24-29-20(14-37-24)25(34)31-9-3-4-16(12-31)13-32-22(33)11-21(30-26(32)35)28-19-8-7-17-5-2-6-18(17)10-19/h7-8,10-11,14,16,28,36H,2-6,9,12-13,27H2,1H3,(H,30,35)/b23-15-. The highest BCUT2D eigenvalue weighted by Gasteiger charge is 2.27. The van der Waals surface area contributed by atoms with E-state index in [0.717, 1.165) is 37.8 Å². The van der Waals surface area contributed by atoms with Crippen LogP contribution in [0.15, 0.2) is 44.9 Å². The molecule has 37 heavy (non-hydrogen) atoms. The first-order chi connectivity index (χ1) is 17.8. The van der Waals surface area contributed by atoms with Gasteiger partial charge in [0.1, 0.15) is 16.5 Å². The van der Waals surface area contributed by atoms with Crippen molar-refractivity contribution in [2.45, 2.75) is 45.6 Å². The number of hydrogen-bond acceptors (Lipinski definition) is 8. The third kappa shape index (κ3) is 5.52. The summed E-state index contributed by atoms with van der Waals surface area (Å²) in [6, 6.07) is 7.56. The minimum absolute atomic E-state index is 0.0169. The first kappa shape index (κ1) is 25.3. The molecule has 1 saturated heterocycles. The number of allylic oxidation sites excluding steroid dienone is 1. The van der Waals surface area contributed by atoms with E-state index in [1.807, 2.05) is 6.07 Å². The number of likely N-dealkylation sites (tertiary alicyclic amines) is 1. The van der Waals surface area contributed by atoms with E-state index < -0.39 is 5.69 Å². The fraction of sp³-hybridized carbons (Fsp3) is 0.385. The lowest BCUT2D eigenvalue weighted by Gasteiger charge is -2.32. The zero-order valence-electron chi connectivity index (χ0n) is 20.6. The van der Waals surface area contributed by atoms with Gasteiger partial charge in [0.2, 0.25) is 0 Å². The molecule has 1 amide bonds. The molecule has 3 heterocycles. The molecular formula is C26H30N6O3S2. The number of aromatic nitrogens is 3. The normalized spacial score (nSPS) is 17.9. The predicted molar refractivity (Wildman–Crippen MR) is 150 cm³/mol. The average Bonchev–Trinajstić information content (AvgIpc) is 3.55. The Morgan fingerprint density at radius 1 is 1.24 bits per heavy atom. The highest BCUT2D eigenvalue weighted by Crippen LogP contribution is 2.27. The van der Waals surface area contributed by atoms with Crippen molar-refractivity contribution < 1.29 is 4.79 Å². The molecule has 194 valence electrons. The number of aromatic amines is 1. The van der Waals surface area contributed by atoms with E-state index in [4.69, 9.17) is 5.73 Å². The number of H-pyrrole nitrogens is 1. The van der Waals surface area contributed by atoms with Gasteiger partial charge in [-0.3, -0.25) is 19.1 Å². The van der Waals surface area contributed by atoms with Crippen LogP contribution in [0, 0.1) is 5.92 Å². The van der Waals surface area contributed by atoms with Crippen LogP contribution < -0.4 is 22.3 Å². The summed E-state index contributed by atoms with van der Waals surface area (Å²) >= 11 is 5.69. The number of hydrogen-bond donors (Lipinski definition) is 4. The number of nitrogens with two attached hydrogens (primary N) is 1. The van der Waals surface area contributed by atoms with Crippen LogP contribution in [0.4, 0.5) is 11.5 Å². The zero-order valence-corrected chi connectivity index (χ0v) is 22.3. The molecule has 4 N–H and O–H groups in total. The average molecular weight is 539 g/mol. The summed E-state index contributed by atoms with van der Waals surface area (Å²) in [6.45, 7) is 3.04. The molecule has 1 aliphatic heterocycles. The molecule has 0 saturated carbocycles. The Hall–Kier alpha value is -3.31. The Labute approximate surface area is 223 Å². The molecule has 2 aromatic heterocycles. The van der Waals surface area contributed by atoms with Crippen LogP contribution in [0.2, 0.25) is 0 Å². The number of aryl methyl sites for hydroxylation is 2. The second kappa shape index (κ2) is 10.6. The predicted octanol–water partition coefficient (Wildman–Crippen LogP) is 3.35. The van der Waals surface area contributed by atoms with E-state index in [1.54, 1.807) is 17.2 Å². The van der Waals surface area contributed by atoms with E-state index in [0.29, 0.717) is 40.2 Å². The third-order valence-electron chi connectivity index (χ3n) is 6.94. The van der Waals surface area contributed by atoms with Gasteiger partial charge in [-0.15, -0.1) is 24.0 Å². The number of carbonyl (C=O) groups is 1. The lowest BCUT2D eigenvalue weighted by Crippen LogP contribution is -2.44. The quantitative estimate of drug-likeness (QED) is 0.357. The SMILES string of the molecule is C/C(N)=C(/S)c1nc(C(=O)N2CCCC(Cn3c(=O)cc(Nc4ccc5c(c4)CCC5)[nH]c3=O)C2)cs1. The van der Waals surface area contributed by atoms with Gasteiger partial charge in [-0.05, 0) is 68.2 Å². The summed E-state index contributed by atoms with van der Waals surface area (Å²) in [5.74, 6) is 0.184. The molecule has 1 atom stereocenters. The number of thiazole rings is 1. The molecule has 2 aliphatic rings. The molecule has 3 aromatic rings. The monoisotopic (exact) mass is 538 g/mol. The summed E-state index contributed by atoms with van der Waals surface area (Å²) in [4.78, 5) is 48.3. The van der Waals surface area contributed by atoms with Gasteiger partial charge < -0.3 is 16.0 Å². The number of benzene rings is 1. The van der Waals surface area contributed by atoms with Crippen molar-refractivity contribution in [1.82, 2.24) is 19.4 Å². The summed E-state index contributed by atoms with van der Waals surface area (Å²) in [5.41, 5.74) is 9.37. The summed E-state index contributed by atoms with van der Waals surface area (Å²) in [7, 11) is 0. The van der Waals surface area contributed by atoms with Gasteiger partial charge >= 0.3 is 5.69 Å². The lowest BCUT2D eigenvalue weighted by molar-refractivity contribution is 0.0655. The van der Waals surface area contributed by atoms with Crippen LogP contribution in [0.5, 0.6) is 0 Å². The maximum Gasteiger partial charge on any atom is 0.329 e. The van der Waals surface area contributed by atoms with Crippen molar-refractivity contribution in [2.24, 2.45) is 11.7 Å².